The molecule has 1 saturated heterocycles. The van der Waals surface area contributed by atoms with Crippen LogP contribution in [0.1, 0.15) is 22.6 Å². The molecule has 0 unspecified atom stereocenters. The molecule has 182 valence electrons. The molecule has 1 heterocycles. The fourth-order valence-electron chi connectivity index (χ4n) is 2.92. The predicted octanol–water partition coefficient (Wildman–Crippen LogP) is 4.25. The summed E-state index contributed by atoms with van der Waals surface area (Å²) in [6.07, 6.45) is 1.49. The summed E-state index contributed by atoms with van der Waals surface area (Å²) in [5.74, 6) is 3.01. The molecule has 0 bridgehead atoms. The standard InChI is InChI=1S/C23H25IN2O6S2/c1-3-30-21(28)14-32-22-18(24)10-15(11-19(22)29-2)12-25-26-20(27)13-31-17-6-4-16(5-7-17)23-33-8-9-34-23/h4-7,10-12,23H,3,8-9,13-14H2,1-2H3,(H,26,27)/b25-12-. The van der Waals surface area contributed by atoms with Crippen molar-refractivity contribution in [2.24, 2.45) is 5.10 Å². The van der Waals surface area contributed by atoms with E-state index < -0.39 is 5.97 Å². The van der Waals surface area contributed by atoms with E-state index in [0.717, 1.165) is 3.57 Å². The van der Waals surface area contributed by atoms with E-state index in [1.54, 1.807) is 19.1 Å². The van der Waals surface area contributed by atoms with E-state index in [1.807, 2.05) is 47.8 Å². The van der Waals surface area contributed by atoms with Crippen LogP contribution in [0.15, 0.2) is 41.5 Å². The predicted molar refractivity (Wildman–Crippen MR) is 143 cm³/mol. The number of rotatable bonds is 11. The van der Waals surface area contributed by atoms with Crippen LogP contribution in [0.5, 0.6) is 17.2 Å². The third-order valence-electron chi connectivity index (χ3n) is 4.44. The van der Waals surface area contributed by atoms with Gasteiger partial charge in [0.1, 0.15) is 5.75 Å². The zero-order chi connectivity index (χ0) is 24.3. The topological polar surface area (TPSA) is 95.5 Å². The number of ether oxygens (including phenoxy) is 4. The summed E-state index contributed by atoms with van der Waals surface area (Å²) in [7, 11) is 1.50. The molecule has 1 amide bonds. The summed E-state index contributed by atoms with van der Waals surface area (Å²) in [6, 6.07) is 11.3. The summed E-state index contributed by atoms with van der Waals surface area (Å²) in [6.45, 7) is 1.65. The highest BCUT2D eigenvalue weighted by Crippen LogP contribution is 2.45. The molecular formula is C23H25IN2O6S2. The first-order chi connectivity index (χ1) is 16.5. The molecule has 3 rings (SSSR count). The average Bonchev–Trinajstić information content (AvgIpc) is 3.37. The van der Waals surface area contributed by atoms with Crippen molar-refractivity contribution in [1.82, 2.24) is 5.43 Å². The van der Waals surface area contributed by atoms with Crippen molar-refractivity contribution < 1.29 is 28.5 Å². The number of methoxy groups -OCH3 is 1. The number of thioether (sulfide) groups is 2. The largest absolute Gasteiger partial charge is 0.493 e. The first-order valence-electron chi connectivity index (χ1n) is 10.4. The molecule has 34 heavy (non-hydrogen) atoms. The molecule has 0 atom stereocenters. The van der Waals surface area contributed by atoms with Gasteiger partial charge in [0.15, 0.2) is 24.7 Å². The molecule has 8 nitrogen and oxygen atoms in total. The van der Waals surface area contributed by atoms with Crippen molar-refractivity contribution in [3.8, 4) is 17.2 Å². The van der Waals surface area contributed by atoms with Crippen LogP contribution in [0, 0.1) is 3.57 Å². The molecular weight excluding hydrogens is 591 g/mol. The lowest BCUT2D eigenvalue weighted by molar-refractivity contribution is -0.145. The average molecular weight is 616 g/mol. The molecule has 0 aliphatic carbocycles. The maximum atomic E-state index is 12.1. The monoisotopic (exact) mass is 616 g/mol. The van der Waals surface area contributed by atoms with E-state index in [0.29, 0.717) is 27.4 Å². The molecule has 1 N–H and O–H groups in total. The third-order valence-corrected chi connectivity index (χ3v) is 8.34. The van der Waals surface area contributed by atoms with Crippen molar-refractivity contribution in [3.05, 3.63) is 51.1 Å². The molecule has 0 spiro atoms. The van der Waals surface area contributed by atoms with Crippen LogP contribution >= 0.6 is 46.1 Å². The van der Waals surface area contributed by atoms with Gasteiger partial charge in [0.25, 0.3) is 5.91 Å². The molecule has 2 aromatic carbocycles. The zero-order valence-corrected chi connectivity index (χ0v) is 22.5. The molecule has 2 aromatic rings. The van der Waals surface area contributed by atoms with Gasteiger partial charge in [-0.2, -0.15) is 5.10 Å². The first-order valence-corrected chi connectivity index (χ1v) is 13.6. The maximum absolute atomic E-state index is 12.1. The normalized spacial score (nSPS) is 13.6. The maximum Gasteiger partial charge on any atom is 0.344 e. The second kappa shape index (κ2) is 13.7. The molecule has 0 aromatic heterocycles. The van der Waals surface area contributed by atoms with Gasteiger partial charge in [-0.3, -0.25) is 4.79 Å². The highest BCUT2D eigenvalue weighted by Gasteiger charge is 2.18. The lowest BCUT2D eigenvalue weighted by Gasteiger charge is -2.13. The highest BCUT2D eigenvalue weighted by atomic mass is 127. The Labute approximate surface area is 220 Å². The van der Waals surface area contributed by atoms with Gasteiger partial charge in [-0.1, -0.05) is 12.1 Å². The highest BCUT2D eigenvalue weighted by molar-refractivity contribution is 14.1. The SMILES string of the molecule is CCOC(=O)COc1c(I)cc(/C=N\NC(=O)COc2ccc(C3SCCS3)cc2)cc1OC. The van der Waals surface area contributed by atoms with Crippen LogP contribution in [0.2, 0.25) is 0 Å². The summed E-state index contributed by atoms with van der Waals surface area (Å²) in [5.41, 5.74) is 4.39. The van der Waals surface area contributed by atoms with Crippen molar-refractivity contribution >= 4 is 64.2 Å². The van der Waals surface area contributed by atoms with Crippen LogP contribution in [0.25, 0.3) is 0 Å². The molecule has 11 heteroatoms. The van der Waals surface area contributed by atoms with Crippen LogP contribution in [0.3, 0.4) is 0 Å². The van der Waals surface area contributed by atoms with Gasteiger partial charge < -0.3 is 18.9 Å². The number of amides is 1. The Bertz CT molecular complexity index is 1010. The number of esters is 1. The number of carbonyl (C=O) groups excluding carboxylic acids is 2. The Hall–Kier alpha value is -2.12. The smallest absolute Gasteiger partial charge is 0.344 e. The molecule has 1 fully saturated rings. The van der Waals surface area contributed by atoms with Gasteiger partial charge in [0, 0.05) is 11.5 Å². The lowest BCUT2D eigenvalue weighted by atomic mass is 10.2. The van der Waals surface area contributed by atoms with Gasteiger partial charge in [0.2, 0.25) is 0 Å². The quantitative estimate of drug-likeness (QED) is 0.173. The number of benzene rings is 2. The lowest BCUT2D eigenvalue weighted by Crippen LogP contribution is -2.24. The number of nitrogens with zero attached hydrogens (tertiary/aromatic N) is 1. The fourth-order valence-corrected chi connectivity index (χ4v) is 6.56. The van der Waals surface area contributed by atoms with Gasteiger partial charge in [-0.25, -0.2) is 10.2 Å². The second-order valence-electron chi connectivity index (χ2n) is 6.85. The van der Waals surface area contributed by atoms with Crippen molar-refractivity contribution in [1.29, 1.82) is 0 Å². The Balaban J connectivity index is 1.49. The van der Waals surface area contributed by atoms with E-state index in [4.69, 9.17) is 18.9 Å². The molecule has 1 aliphatic rings. The summed E-state index contributed by atoms with van der Waals surface area (Å²) in [4.78, 5) is 23.6. The number of halogens is 1. The van der Waals surface area contributed by atoms with Gasteiger partial charge in [0.05, 0.1) is 28.1 Å². The van der Waals surface area contributed by atoms with Crippen LogP contribution in [0.4, 0.5) is 0 Å². The van der Waals surface area contributed by atoms with E-state index in [-0.39, 0.29) is 25.7 Å². The van der Waals surface area contributed by atoms with E-state index >= 15 is 0 Å². The van der Waals surface area contributed by atoms with E-state index in [1.165, 1.54) is 30.4 Å². The number of hydrazone groups is 1. The number of carbonyl (C=O) groups is 2. The zero-order valence-electron chi connectivity index (χ0n) is 18.7. The first kappa shape index (κ1) is 26.5. The second-order valence-corrected chi connectivity index (χ2v) is 10.7. The minimum Gasteiger partial charge on any atom is -0.493 e. The summed E-state index contributed by atoms with van der Waals surface area (Å²) >= 11 is 5.96. The molecule has 0 saturated carbocycles. The summed E-state index contributed by atoms with van der Waals surface area (Å²) < 4.78 is 22.5. The Morgan fingerprint density at radius 2 is 1.88 bits per heavy atom. The van der Waals surface area contributed by atoms with Crippen molar-refractivity contribution in [2.45, 2.75) is 11.5 Å². The van der Waals surface area contributed by atoms with E-state index in [2.05, 4.69) is 33.1 Å². The van der Waals surface area contributed by atoms with E-state index in [9.17, 15) is 9.59 Å². The Morgan fingerprint density at radius 1 is 1.15 bits per heavy atom. The van der Waals surface area contributed by atoms with Gasteiger partial charge in [-0.05, 0) is 64.9 Å². The number of hydrogen-bond acceptors (Lipinski definition) is 9. The third kappa shape index (κ3) is 7.98. The van der Waals surface area contributed by atoms with Crippen LogP contribution in [-0.4, -0.2) is 56.5 Å². The van der Waals surface area contributed by atoms with Crippen molar-refractivity contribution in [2.75, 3.05) is 38.4 Å². The van der Waals surface area contributed by atoms with Gasteiger partial charge >= 0.3 is 5.97 Å². The summed E-state index contributed by atoms with van der Waals surface area (Å²) in [5, 5.41) is 3.98. The minimum absolute atomic E-state index is 0.148. The van der Waals surface area contributed by atoms with Crippen molar-refractivity contribution in [3.63, 3.8) is 0 Å². The fraction of sp³-hybridized carbons (Fsp3) is 0.348. The number of hydrogen-bond donors (Lipinski definition) is 1. The van der Waals surface area contributed by atoms with Crippen LogP contribution in [-0.2, 0) is 14.3 Å². The molecule has 1 aliphatic heterocycles. The molecule has 0 radical (unpaired) electrons. The number of nitrogens with one attached hydrogen (secondary N) is 1. The minimum atomic E-state index is -0.460. The van der Waals surface area contributed by atoms with Gasteiger partial charge in [-0.15, -0.1) is 23.5 Å². The Kier molecular flexibility index (Phi) is 10.7. The Morgan fingerprint density at radius 3 is 2.56 bits per heavy atom. The van der Waals surface area contributed by atoms with Crippen LogP contribution < -0.4 is 19.6 Å².